The number of anilines is 3. The summed E-state index contributed by atoms with van der Waals surface area (Å²) in [5, 5.41) is 2.51. The van der Waals surface area contributed by atoms with Crippen LogP contribution in [0.2, 0.25) is 0 Å². The van der Waals surface area contributed by atoms with E-state index in [4.69, 9.17) is 0 Å². The summed E-state index contributed by atoms with van der Waals surface area (Å²) in [5.41, 5.74) is -0.498. The van der Waals surface area contributed by atoms with E-state index in [9.17, 15) is 31.9 Å². The number of urea groups is 1. The number of pyridine rings is 2. The minimum absolute atomic E-state index is 0.00800. The van der Waals surface area contributed by atoms with Crippen molar-refractivity contribution in [2.45, 2.75) is 19.1 Å². The number of aryl methyl sites for hydroxylation is 1. The van der Waals surface area contributed by atoms with E-state index >= 15 is 0 Å². The summed E-state index contributed by atoms with van der Waals surface area (Å²) in [6, 6.07) is 9.28. The highest BCUT2D eigenvalue weighted by Crippen LogP contribution is 2.34. The molecule has 1 aliphatic rings. The molecule has 2 aromatic heterocycles. The number of alkyl halides is 3. The number of likely N-dealkylation sites (N-methyl/N-ethyl adjacent to an activating group) is 1. The summed E-state index contributed by atoms with van der Waals surface area (Å²) in [6.07, 6.45) is -3.62. The van der Waals surface area contributed by atoms with Crippen LogP contribution >= 0.6 is 0 Å². The van der Waals surface area contributed by atoms with E-state index in [-0.39, 0.29) is 41.8 Å². The van der Waals surface area contributed by atoms with Gasteiger partial charge in [-0.05, 0) is 67.5 Å². The molecule has 216 valence electrons. The molecule has 1 aromatic carbocycles. The molecule has 42 heavy (non-hydrogen) atoms. The summed E-state index contributed by atoms with van der Waals surface area (Å²) in [6.45, 7) is 4.34. The zero-order valence-corrected chi connectivity index (χ0v) is 22.4. The molecule has 4 rings (SSSR count). The van der Waals surface area contributed by atoms with E-state index in [0.29, 0.717) is 0 Å². The SMILES string of the molecule is C=CC(=O)Nc1cccc(C#CCN(C(=O)[C@@H]2CN(C)C(=O)N2c2cc(C(F)(F)F)cc(C)n2)c2ccc(F)cc2)n1. The minimum Gasteiger partial charge on any atom is -0.325 e. The number of carbonyl (C=O) groups is 3. The summed E-state index contributed by atoms with van der Waals surface area (Å²) < 4.78 is 54.3. The maximum atomic E-state index is 13.9. The summed E-state index contributed by atoms with van der Waals surface area (Å²) in [4.78, 5) is 50.2. The Bertz CT molecular complexity index is 1600. The second-order valence-corrected chi connectivity index (χ2v) is 9.21. The Hall–Kier alpha value is -5.25. The topological polar surface area (TPSA) is 98.7 Å². The number of aromatic nitrogens is 2. The van der Waals surface area contributed by atoms with E-state index < -0.39 is 41.4 Å². The van der Waals surface area contributed by atoms with Crippen LogP contribution in [0.1, 0.15) is 17.0 Å². The molecule has 0 bridgehead atoms. The van der Waals surface area contributed by atoms with Crippen molar-refractivity contribution in [3.8, 4) is 11.8 Å². The van der Waals surface area contributed by atoms with Crippen molar-refractivity contribution in [1.82, 2.24) is 14.9 Å². The van der Waals surface area contributed by atoms with Gasteiger partial charge in [-0.15, -0.1) is 0 Å². The number of hydrogen-bond donors (Lipinski definition) is 1. The van der Waals surface area contributed by atoms with Crippen LogP contribution in [0.15, 0.2) is 67.3 Å². The second kappa shape index (κ2) is 12.1. The lowest BCUT2D eigenvalue weighted by Crippen LogP contribution is -2.48. The Morgan fingerprint density at radius 3 is 2.55 bits per heavy atom. The van der Waals surface area contributed by atoms with Gasteiger partial charge in [-0.3, -0.25) is 19.4 Å². The molecule has 0 spiro atoms. The third kappa shape index (κ3) is 6.72. The lowest BCUT2D eigenvalue weighted by Gasteiger charge is -2.28. The van der Waals surface area contributed by atoms with E-state index in [2.05, 4.69) is 33.7 Å². The number of benzene rings is 1. The number of amides is 4. The monoisotopic (exact) mass is 580 g/mol. The number of halogens is 4. The number of nitrogens with one attached hydrogen (secondary N) is 1. The van der Waals surface area contributed by atoms with Crippen LogP contribution in [0.4, 0.5) is 39.7 Å². The first-order valence-electron chi connectivity index (χ1n) is 12.4. The van der Waals surface area contributed by atoms with Gasteiger partial charge >= 0.3 is 12.2 Å². The van der Waals surface area contributed by atoms with Crippen molar-refractivity contribution >= 4 is 35.2 Å². The number of hydrogen-bond acceptors (Lipinski definition) is 5. The smallest absolute Gasteiger partial charge is 0.325 e. The van der Waals surface area contributed by atoms with Gasteiger partial charge in [0.1, 0.15) is 29.2 Å². The van der Waals surface area contributed by atoms with Crippen LogP contribution in [0.5, 0.6) is 0 Å². The first kappa shape index (κ1) is 29.7. The van der Waals surface area contributed by atoms with Crippen LogP contribution in [0.25, 0.3) is 0 Å². The van der Waals surface area contributed by atoms with Crippen molar-refractivity contribution in [2.24, 2.45) is 0 Å². The number of carbonyl (C=O) groups excluding carboxylic acids is 3. The maximum absolute atomic E-state index is 13.9. The molecule has 3 heterocycles. The van der Waals surface area contributed by atoms with Gasteiger partial charge in [0.05, 0.1) is 18.7 Å². The van der Waals surface area contributed by atoms with Crippen molar-refractivity contribution in [2.75, 3.05) is 35.3 Å². The third-order valence-corrected chi connectivity index (χ3v) is 6.13. The minimum atomic E-state index is -4.70. The maximum Gasteiger partial charge on any atom is 0.416 e. The highest BCUT2D eigenvalue weighted by molar-refractivity contribution is 6.08. The Labute approximate surface area is 238 Å². The first-order chi connectivity index (χ1) is 19.9. The summed E-state index contributed by atoms with van der Waals surface area (Å²) >= 11 is 0. The average molecular weight is 581 g/mol. The highest BCUT2D eigenvalue weighted by atomic mass is 19.4. The Morgan fingerprint density at radius 1 is 1.17 bits per heavy atom. The van der Waals surface area contributed by atoms with E-state index in [1.165, 1.54) is 35.9 Å². The van der Waals surface area contributed by atoms with Gasteiger partial charge in [0.15, 0.2) is 0 Å². The zero-order chi connectivity index (χ0) is 30.6. The fourth-order valence-electron chi connectivity index (χ4n) is 4.18. The van der Waals surface area contributed by atoms with Gasteiger partial charge in [-0.1, -0.05) is 18.6 Å². The Balaban J connectivity index is 1.69. The van der Waals surface area contributed by atoms with Crippen LogP contribution in [0, 0.1) is 24.6 Å². The van der Waals surface area contributed by atoms with Crippen molar-refractivity contribution in [3.63, 3.8) is 0 Å². The van der Waals surface area contributed by atoms with Gasteiger partial charge < -0.3 is 10.2 Å². The summed E-state index contributed by atoms with van der Waals surface area (Å²) in [7, 11) is 1.41. The first-order valence-corrected chi connectivity index (χ1v) is 12.4. The normalized spacial score (nSPS) is 14.7. The molecule has 1 atom stereocenters. The average Bonchev–Trinajstić information content (AvgIpc) is 3.24. The fourth-order valence-corrected chi connectivity index (χ4v) is 4.18. The molecule has 13 heteroatoms. The number of rotatable bonds is 6. The second-order valence-electron chi connectivity index (χ2n) is 9.21. The Morgan fingerprint density at radius 2 is 1.88 bits per heavy atom. The van der Waals surface area contributed by atoms with Crippen LogP contribution in [-0.2, 0) is 15.8 Å². The van der Waals surface area contributed by atoms with Gasteiger partial charge in [0.2, 0.25) is 5.91 Å². The molecule has 0 saturated carbocycles. The van der Waals surface area contributed by atoms with E-state index in [1.54, 1.807) is 18.2 Å². The lowest BCUT2D eigenvalue weighted by molar-refractivity contribution is -0.137. The molecule has 1 saturated heterocycles. The van der Waals surface area contributed by atoms with Gasteiger partial charge in [-0.25, -0.2) is 19.2 Å². The quantitative estimate of drug-likeness (QED) is 0.265. The number of nitrogens with zero attached hydrogens (tertiary/aromatic N) is 5. The standard InChI is InChI=1S/C29H24F4N6O3/c1-4-26(40)36-24-9-5-7-21(35-24)8-6-14-38(22-12-10-20(30)11-13-22)27(41)23-17-37(3)28(42)39(23)25-16-19(29(31,32)33)15-18(2)34-25/h4-5,7,9-13,15-16,23H,1,14,17H2,2-3H3,(H,35,36,40)/t23-/m0/s1. The molecular weight excluding hydrogens is 556 g/mol. The predicted octanol–water partition coefficient (Wildman–Crippen LogP) is 4.39. The van der Waals surface area contributed by atoms with E-state index in [1.807, 2.05) is 0 Å². The Kier molecular flexibility index (Phi) is 8.56. The van der Waals surface area contributed by atoms with Crippen LogP contribution < -0.4 is 15.1 Å². The molecule has 0 radical (unpaired) electrons. The molecule has 4 amide bonds. The molecule has 9 nitrogen and oxygen atoms in total. The predicted molar refractivity (Wildman–Crippen MR) is 147 cm³/mol. The van der Waals surface area contributed by atoms with Gasteiger partial charge in [-0.2, -0.15) is 13.2 Å². The van der Waals surface area contributed by atoms with Crippen LogP contribution in [0.3, 0.4) is 0 Å². The van der Waals surface area contributed by atoms with Gasteiger partial charge in [0, 0.05) is 18.4 Å². The largest absolute Gasteiger partial charge is 0.416 e. The van der Waals surface area contributed by atoms with Crippen molar-refractivity contribution in [1.29, 1.82) is 0 Å². The molecule has 1 fully saturated rings. The highest BCUT2D eigenvalue weighted by Gasteiger charge is 2.44. The molecular formula is C29H24F4N6O3. The zero-order valence-electron chi connectivity index (χ0n) is 22.4. The van der Waals surface area contributed by atoms with Crippen LogP contribution in [-0.4, -0.2) is 58.9 Å². The molecule has 0 unspecified atom stereocenters. The van der Waals surface area contributed by atoms with Gasteiger partial charge in [0.25, 0.3) is 5.91 Å². The molecule has 1 N–H and O–H groups in total. The lowest BCUT2D eigenvalue weighted by atomic mass is 10.1. The summed E-state index contributed by atoms with van der Waals surface area (Å²) in [5.74, 6) is 3.80. The third-order valence-electron chi connectivity index (χ3n) is 6.13. The van der Waals surface area contributed by atoms with Crippen molar-refractivity contribution < 1.29 is 31.9 Å². The fraction of sp³-hybridized carbons (Fsp3) is 0.207. The molecule has 3 aromatic rings. The van der Waals surface area contributed by atoms with Crippen molar-refractivity contribution in [3.05, 3.63) is 90.0 Å². The molecule has 1 aliphatic heterocycles. The van der Waals surface area contributed by atoms with E-state index in [0.717, 1.165) is 35.2 Å². The molecule has 0 aliphatic carbocycles.